The predicted octanol–water partition coefficient (Wildman–Crippen LogP) is -0.827. The standard InChI is InChI=1S/C8H9AsO5/c1-6(10)14-8-4-2-7(3-5-8)9(11,12)13/h2-5H,1H3,(H2,11,12,13). The average molecular weight is 260 g/mol. The van der Waals surface area contributed by atoms with Gasteiger partial charge in [0.25, 0.3) is 0 Å². The number of benzene rings is 1. The van der Waals surface area contributed by atoms with Crippen LogP contribution in [0.3, 0.4) is 0 Å². The zero-order valence-electron chi connectivity index (χ0n) is 7.38. The molecule has 0 amide bonds. The molecule has 0 aliphatic carbocycles. The zero-order chi connectivity index (χ0) is 10.8. The molecule has 0 fully saturated rings. The molecule has 1 aromatic rings. The molecule has 1 rings (SSSR count). The van der Waals surface area contributed by atoms with Crippen molar-refractivity contribution in [3.05, 3.63) is 24.3 Å². The second-order valence-electron chi connectivity index (χ2n) is 2.63. The van der Waals surface area contributed by atoms with Crippen LogP contribution in [0.2, 0.25) is 0 Å². The van der Waals surface area contributed by atoms with Gasteiger partial charge in [-0.1, -0.05) is 0 Å². The molecule has 0 aliphatic heterocycles. The first-order valence-electron chi connectivity index (χ1n) is 3.74. The molecular formula is C8H9AsO5. The molecule has 76 valence electrons. The Balaban J connectivity index is 2.89. The fourth-order valence-corrected chi connectivity index (χ4v) is 2.00. The van der Waals surface area contributed by atoms with E-state index in [0.29, 0.717) is 0 Å². The number of hydrogen-bond donors (Lipinski definition) is 2. The van der Waals surface area contributed by atoms with Crippen LogP contribution in [-0.4, -0.2) is 28.3 Å². The van der Waals surface area contributed by atoms with Crippen LogP contribution in [0.1, 0.15) is 6.92 Å². The van der Waals surface area contributed by atoms with Gasteiger partial charge in [-0.25, -0.2) is 0 Å². The van der Waals surface area contributed by atoms with Gasteiger partial charge in [0, 0.05) is 0 Å². The topological polar surface area (TPSA) is 83.8 Å². The summed E-state index contributed by atoms with van der Waals surface area (Å²) in [6.07, 6.45) is 0. The van der Waals surface area contributed by atoms with Crippen LogP contribution in [0.25, 0.3) is 0 Å². The van der Waals surface area contributed by atoms with E-state index in [4.69, 9.17) is 12.9 Å². The van der Waals surface area contributed by atoms with Crippen LogP contribution in [-0.2, 0) is 8.53 Å². The van der Waals surface area contributed by atoms with Gasteiger partial charge in [-0.15, -0.1) is 0 Å². The number of hydrogen-bond acceptors (Lipinski definition) is 3. The van der Waals surface area contributed by atoms with Gasteiger partial charge >= 0.3 is 82.9 Å². The van der Waals surface area contributed by atoms with Gasteiger partial charge in [-0.2, -0.15) is 0 Å². The van der Waals surface area contributed by atoms with Crippen molar-refractivity contribution in [2.45, 2.75) is 6.92 Å². The summed E-state index contributed by atoms with van der Waals surface area (Å²) in [5.74, 6) is -0.204. The molecule has 1 aromatic carbocycles. The van der Waals surface area contributed by atoms with Crippen molar-refractivity contribution in [2.75, 3.05) is 0 Å². The summed E-state index contributed by atoms with van der Waals surface area (Å²) >= 11 is -4.81. The van der Waals surface area contributed by atoms with Crippen LogP contribution in [0.4, 0.5) is 0 Å². The number of esters is 1. The fraction of sp³-hybridized carbons (Fsp3) is 0.125. The molecule has 0 heterocycles. The van der Waals surface area contributed by atoms with Crippen molar-refractivity contribution < 1.29 is 21.5 Å². The zero-order valence-corrected chi connectivity index (χ0v) is 9.25. The van der Waals surface area contributed by atoms with Crippen molar-refractivity contribution in [2.24, 2.45) is 0 Å². The molecule has 6 heteroatoms. The number of carbonyl (C=O) groups excluding carboxylic acids is 1. The minimum atomic E-state index is -4.81. The van der Waals surface area contributed by atoms with Gasteiger partial charge in [0.2, 0.25) is 0 Å². The normalized spacial score (nSPS) is 11.1. The first-order valence-corrected chi connectivity index (χ1v) is 7.12. The van der Waals surface area contributed by atoms with Crippen molar-refractivity contribution in [3.8, 4) is 5.75 Å². The molecule has 14 heavy (non-hydrogen) atoms. The van der Waals surface area contributed by atoms with Crippen LogP contribution in [0.15, 0.2) is 24.3 Å². The maximum atomic E-state index is 10.8. The Labute approximate surface area is 83.3 Å². The maximum absolute atomic E-state index is 10.8. The molecule has 2 N–H and O–H groups in total. The Bertz CT molecular complexity index is 377. The molecule has 0 saturated carbocycles. The SMILES string of the molecule is CC(=O)Oc1ccc([As](=O)(O)O)cc1. The Kier molecular flexibility index (Phi) is 3.16. The molecular weight excluding hydrogens is 251 g/mol. The van der Waals surface area contributed by atoms with Crippen LogP contribution in [0, 0.1) is 0 Å². The van der Waals surface area contributed by atoms with E-state index in [9.17, 15) is 8.53 Å². The van der Waals surface area contributed by atoms with E-state index in [1.165, 1.54) is 31.2 Å². The third kappa shape index (κ3) is 3.03. The molecule has 0 radical (unpaired) electrons. The second-order valence-corrected chi connectivity index (χ2v) is 6.00. The summed E-state index contributed by atoms with van der Waals surface area (Å²) in [6.45, 7) is 1.25. The molecule has 0 unspecified atom stereocenters. The molecule has 0 spiro atoms. The Morgan fingerprint density at radius 2 is 1.79 bits per heavy atom. The molecule has 0 saturated heterocycles. The van der Waals surface area contributed by atoms with Crippen LogP contribution in [0.5, 0.6) is 5.75 Å². The third-order valence-corrected chi connectivity index (χ3v) is 3.47. The summed E-state index contributed by atoms with van der Waals surface area (Å²) in [5.41, 5.74) is 0. The third-order valence-electron chi connectivity index (χ3n) is 1.43. The minimum absolute atomic E-state index is 0.0426. The number of rotatable bonds is 2. The monoisotopic (exact) mass is 260 g/mol. The van der Waals surface area contributed by atoms with E-state index < -0.39 is 20.1 Å². The van der Waals surface area contributed by atoms with E-state index in [1.54, 1.807) is 0 Å². The first kappa shape index (κ1) is 11.0. The van der Waals surface area contributed by atoms with Crippen molar-refractivity contribution >= 4 is 24.5 Å². The summed E-state index contributed by atoms with van der Waals surface area (Å²) < 4.78 is 33.1. The molecule has 0 aromatic heterocycles. The van der Waals surface area contributed by atoms with Crippen LogP contribution < -0.4 is 9.09 Å². The average Bonchev–Trinajstić information content (AvgIpc) is 2.02. The number of carbonyl (C=O) groups is 1. The molecule has 0 atom stereocenters. The van der Waals surface area contributed by atoms with E-state index in [2.05, 4.69) is 0 Å². The van der Waals surface area contributed by atoms with Crippen molar-refractivity contribution in [1.82, 2.24) is 0 Å². The predicted molar refractivity (Wildman–Crippen MR) is 48.3 cm³/mol. The molecule has 0 aliphatic rings. The van der Waals surface area contributed by atoms with E-state index in [1.807, 2.05) is 0 Å². The summed E-state index contributed by atoms with van der Waals surface area (Å²) in [6, 6.07) is 5.19. The fourth-order valence-electron chi connectivity index (χ4n) is 0.874. The Hall–Kier alpha value is -1.03. The second kappa shape index (κ2) is 4.00. The van der Waals surface area contributed by atoms with Crippen molar-refractivity contribution in [1.29, 1.82) is 0 Å². The van der Waals surface area contributed by atoms with Gasteiger partial charge in [0.15, 0.2) is 0 Å². The van der Waals surface area contributed by atoms with E-state index in [-0.39, 0.29) is 10.1 Å². The van der Waals surface area contributed by atoms with E-state index in [0.717, 1.165) is 0 Å². The quantitative estimate of drug-likeness (QED) is 0.412. The van der Waals surface area contributed by atoms with E-state index >= 15 is 0 Å². The van der Waals surface area contributed by atoms with Gasteiger partial charge in [0.05, 0.1) is 0 Å². The van der Waals surface area contributed by atoms with Crippen molar-refractivity contribution in [3.63, 3.8) is 0 Å². The Morgan fingerprint density at radius 1 is 1.29 bits per heavy atom. The summed E-state index contributed by atoms with van der Waals surface area (Å²) in [5, 5.41) is 0. The molecule has 5 nitrogen and oxygen atoms in total. The van der Waals surface area contributed by atoms with Gasteiger partial charge in [-0.3, -0.25) is 0 Å². The van der Waals surface area contributed by atoms with Gasteiger partial charge < -0.3 is 0 Å². The number of ether oxygens (including phenoxy) is 1. The summed E-state index contributed by atoms with van der Waals surface area (Å²) in [7, 11) is 0. The summed E-state index contributed by atoms with van der Waals surface area (Å²) in [4.78, 5) is 10.5. The first-order chi connectivity index (χ1) is 6.39. The molecule has 0 bridgehead atoms. The van der Waals surface area contributed by atoms with Gasteiger partial charge in [-0.05, 0) is 0 Å². The van der Waals surface area contributed by atoms with Gasteiger partial charge in [0.1, 0.15) is 0 Å². The Morgan fingerprint density at radius 3 is 2.14 bits per heavy atom. The van der Waals surface area contributed by atoms with Crippen LogP contribution >= 0.6 is 0 Å².